The maximum atomic E-state index is 13.1. The molecule has 2 heterocycles. The second kappa shape index (κ2) is 13.9. The van der Waals surface area contributed by atoms with Crippen LogP contribution in [0.3, 0.4) is 0 Å². The number of morpholine rings is 1. The summed E-state index contributed by atoms with van der Waals surface area (Å²) in [6.45, 7) is 4.71. The van der Waals surface area contributed by atoms with Crippen molar-refractivity contribution >= 4 is 6.03 Å². The highest BCUT2D eigenvalue weighted by molar-refractivity contribution is 5.75. The molecule has 4 bridgehead atoms. The van der Waals surface area contributed by atoms with Crippen molar-refractivity contribution in [3.05, 3.63) is 95.1 Å². The fourth-order valence-corrected chi connectivity index (χ4v) is 9.53. The van der Waals surface area contributed by atoms with Crippen LogP contribution in [-0.4, -0.2) is 60.5 Å². The molecule has 0 aromatic heterocycles. The van der Waals surface area contributed by atoms with Gasteiger partial charge in [0.1, 0.15) is 0 Å². The number of nitrogens with one attached hydrogen (secondary N) is 2. The molecule has 9 rings (SSSR count). The summed E-state index contributed by atoms with van der Waals surface area (Å²) >= 11 is 0. The van der Waals surface area contributed by atoms with Crippen LogP contribution in [0.4, 0.5) is 4.79 Å². The zero-order valence-electron chi connectivity index (χ0n) is 27.8. The summed E-state index contributed by atoms with van der Waals surface area (Å²) in [7, 11) is 0. The van der Waals surface area contributed by atoms with E-state index >= 15 is 0 Å². The third kappa shape index (κ3) is 7.19. The first kappa shape index (κ1) is 32.0. The number of rotatable bonds is 9. The lowest BCUT2D eigenvalue weighted by Gasteiger charge is -2.56. The molecule has 0 spiro atoms. The molecule has 6 fully saturated rings. The molecule has 3 aromatic carbocycles. The number of amides is 2. The van der Waals surface area contributed by atoms with Crippen LogP contribution in [0.25, 0.3) is 11.1 Å². The van der Waals surface area contributed by atoms with E-state index in [9.17, 15) is 9.90 Å². The van der Waals surface area contributed by atoms with Gasteiger partial charge in [0.25, 0.3) is 0 Å². The molecule has 254 valence electrons. The molecule has 2 saturated heterocycles. The second-order valence-electron chi connectivity index (χ2n) is 15.1. The van der Waals surface area contributed by atoms with E-state index in [4.69, 9.17) is 14.2 Å². The van der Waals surface area contributed by atoms with E-state index in [1.165, 1.54) is 19.3 Å². The van der Waals surface area contributed by atoms with Gasteiger partial charge in [0.2, 0.25) is 0 Å². The Bertz CT molecular complexity index is 1520. The first-order valence-corrected chi connectivity index (χ1v) is 18.1. The first-order valence-electron chi connectivity index (χ1n) is 18.1. The first-order chi connectivity index (χ1) is 23.5. The molecule has 0 radical (unpaired) electrons. The van der Waals surface area contributed by atoms with Gasteiger partial charge in [-0.25, -0.2) is 4.79 Å². The standard InChI is InChI=1S/C40H49N3O5/c44-26-27-4-6-33(7-5-27)37-20-36(25-43-12-14-46-15-13-43)47-38(48-37)34-10-8-32(9-11-34)35-3-1-2-28(19-35)24-41-39(45)42-40-21-29-16-30(22-40)18-31(17-29)23-40/h1-11,19,29-31,36-38,44H,12-18,20-26H2,(H2,41,42,45)/t29?,30?,31?,36-,37+,38+,40?/m0/s1. The lowest BCUT2D eigenvalue weighted by molar-refractivity contribution is -0.253. The third-order valence-corrected chi connectivity index (χ3v) is 11.5. The Balaban J connectivity index is 0.918. The SMILES string of the molecule is O=C(NCc1cccc(-c2ccc([C@@H]3O[C@H](CN4CCOCC4)C[C@H](c4ccc(CO)cc4)O3)cc2)c1)NC12CC3CC(CC(C3)C1)C2. The van der Waals surface area contributed by atoms with Crippen LogP contribution in [0, 0.1) is 17.8 Å². The minimum Gasteiger partial charge on any atom is -0.392 e. The number of hydrogen-bond acceptors (Lipinski definition) is 6. The van der Waals surface area contributed by atoms with Crippen LogP contribution in [0.2, 0.25) is 0 Å². The highest BCUT2D eigenvalue weighted by atomic mass is 16.7. The van der Waals surface area contributed by atoms with E-state index in [0.717, 1.165) is 110 Å². The summed E-state index contributed by atoms with van der Waals surface area (Å²) in [5, 5.41) is 16.1. The minimum atomic E-state index is -0.482. The van der Waals surface area contributed by atoms with Crippen molar-refractivity contribution in [1.29, 1.82) is 0 Å². The number of benzene rings is 3. The highest BCUT2D eigenvalue weighted by Crippen LogP contribution is 2.55. The molecule has 8 nitrogen and oxygen atoms in total. The topological polar surface area (TPSA) is 92.3 Å². The molecule has 8 heteroatoms. The Morgan fingerprint density at radius 1 is 0.792 bits per heavy atom. The zero-order chi connectivity index (χ0) is 32.5. The number of ether oxygens (including phenoxy) is 3. The number of hydrogen-bond donors (Lipinski definition) is 3. The van der Waals surface area contributed by atoms with Crippen molar-refractivity contribution in [3.63, 3.8) is 0 Å². The van der Waals surface area contributed by atoms with E-state index in [0.29, 0.717) is 6.54 Å². The van der Waals surface area contributed by atoms with Crippen LogP contribution >= 0.6 is 0 Å². The fraction of sp³-hybridized carbons (Fsp3) is 0.525. The quantitative estimate of drug-likeness (QED) is 0.245. The van der Waals surface area contributed by atoms with Crippen LogP contribution in [0.5, 0.6) is 0 Å². The van der Waals surface area contributed by atoms with E-state index in [1.807, 2.05) is 12.1 Å². The monoisotopic (exact) mass is 651 g/mol. The summed E-state index contributed by atoms with van der Waals surface area (Å²) in [4.78, 5) is 15.5. The molecule has 3 N–H and O–H groups in total. The van der Waals surface area contributed by atoms with Gasteiger partial charge in [-0.15, -0.1) is 0 Å². The van der Waals surface area contributed by atoms with E-state index in [1.54, 1.807) is 0 Å². The molecule has 6 aliphatic rings. The number of urea groups is 1. The number of aliphatic hydroxyl groups is 1. The van der Waals surface area contributed by atoms with Crippen molar-refractivity contribution in [2.24, 2.45) is 17.8 Å². The zero-order valence-corrected chi connectivity index (χ0v) is 27.8. The average Bonchev–Trinajstić information content (AvgIpc) is 3.10. The predicted octanol–water partition coefficient (Wildman–Crippen LogP) is 6.49. The average molecular weight is 652 g/mol. The van der Waals surface area contributed by atoms with Crippen molar-refractivity contribution in [3.8, 4) is 11.1 Å². The van der Waals surface area contributed by atoms with Gasteiger partial charge >= 0.3 is 6.03 Å². The molecular weight excluding hydrogens is 602 g/mol. The van der Waals surface area contributed by atoms with Gasteiger partial charge in [0.15, 0.2) is 6.29 Å². The lowest BCUT2D eigenvalue weighted by atomic mass is 9.53. The molecule has 2 amide bonds. The van der Waals surface area contributed by atoms with E-state index in [-0.39, 0.29) is 30.4 Å². The van der Waals surface area contributed by atoms with Crippen LogP contribution in [0.1, 0.15) is 79.6 Å². The number of aliphatic hydroxyl groups excluding tert-OH is 1. The third-order valence-electron chi connectivity index (χ3n) is 11.5. The molecule has 3 aromatic rings. The van der Waals surface area contributed by atoms with Crippen LogP contribution in [-0.2, 0) is 27.4 Å². The van der Waals surface area contributed by atoms with Crippen molar-refractivity contribution in [1.82, 2.24) is 15.5 Å². The molecule has 4 aliphatic carbocycles. The maximum Gasteiger partial charge on any atom is 0.315 e. The predicted molar refractivity (Wildman–Crippen MR) is 184 cm³/mol. The van der Waals surface area contributed by atoms with Gasteiger partial charge < -0.3 is 30.0 Å². The van der Waals surface area contributed by atoms with Crippen molar-refractivity contribution < 1.29 is 24.1 Å². The number of nitrogens with zero attached hydrogens (tertiary/aromatic N) is 1. The molecular formula is C40H49N3O5. The smallest absolute Gasteiger partial charge is 0.315 e. The van der Waals surface area contributed by atoms with Gasteiger partial charge in [-0.1, -0.05) is 66.7 Å². The van der Waals surface area contributed by atoms with Crippen LogP contribution < -0.4 is 10.6 Å². The largest absolute Gasteiger partial charge is 0.392 e. The van der Waals surface area contributed by atoms with Crippen LogP contribution in [0.15, 0.2) is 72.8 Å². The summed E-state index contributed by atoms with van der Waals surface area (Å²) < 4.78 is 18.7. The van der Waals surface area contributed by atoms with Gasteiger partial charge in [-0.3, -0.25) is 4.90 Å². The minimum absolute atomic E-state index is 0.0151. The second-order valence-corrected chi connectivity index (χ2v) is 15.1. The normalized spacial score (nSPS) is 31.4. The molecule has 48 heavy (non-hydrogen) atoms. The maximum absolute atomic E-state index is 13.1. The number of carbonyl (C=O) groups excluding carboxylic acids is 1. The van der Waals surface area contributed by atoms with Gasteiger partial charge in [-0.05, 0) is 90.2 Å². The fourth-order valence-electron chi connectivity index (χ4n) is 9.53. The van der Waals surface area contributed by atoms with Gasteiger partial charge in [0.05, 0.1) is 32.0 Å². The molecule has 0 unspecified atom stereocenters. The summed E-state index contributed by atoms with van der Waals surface area (Å²) in [6.07, 6.45) is 7.77. The van der Waals surface area contributed by atoms with Gasteiger partial charge in [-0.2, -0.15) is 0 Å². The Labute approximate surface area is 284 Å². The van der Waals surface area contributed by atoms with E-state index < -0.39 is 6.29 Å². The van der Waals surface area contributed by atoms with Crippen molar-refractivity contribution in [2.75, 3.05) is 32.8 Å². The molecule has 4 saturated carbocycles. The van der Waals surface area contributed by atoms with Crippen molar-refractivity contribution in [2.45, 2.75) is 82.1 Å². The Kier molecular flexibility index (Phi) is 9.27. The Morgan fingerprint density at radius 2 is 1.48 bits per heavy atom. The lowest BCUT2D eigenvalue weighted by Crippen LogP contribution is -2.61. The van der Waals surface area contributed by atoms with Gasteiger partial charge in [0, 0.05) is 43.7 Å². The molecule has 3 atom stereocenters. The van der Waals surface area contributed by atoms with E-state index in [2.05, 4.69) is 76.2 Å². The Morgan fingerprint density at radius 3 is 2.17 bits per heavy atom. The summed E-state index contributed by atoms with van der Waals surface area (Å²) in [5.74, 6) is 2.41. The Hall–Kier alpha value is -3.27. The summed E-state index contributed by atoms with van der Waals surface area (Å²) in [6, 6.07) is 24.9. The summed E-state index contributed by atoms with van der Waals surface area (Å²) in [5.41, 5.74) is 6.29. The number of carbonyl (C=O) groups is 1. The highest BCUT2D eigenvalue weighted by Gasteiger charge is 2.51. The molecule has 2 aliphatic heterocycles.